The van der Waals surface area contributed by atoms with Crippen LogP contribution in [0.3, 0.4) is 0 Å². The van der Waals surface area contributed by atoms with Gasteiger partial charge in [-0.25, -0.2) is 0 Å². The predicted molar refractivity (Wildman–Crippen MR) is 45.6 cm³/mol. The van der Waals surface area contributed by atoms with E-state index in [1.165, 1.54) is 7.11 Å². The highest BCUT2D eigenvalue weighted by Gasteiger charge is 2.28. The van der Waals surface area contributed by atoms with E-state index in [0.717, 1.165) is 12.8 Å². The zero-order valence-electron chi connectivity index (χ0n) is 7.54. The molecule has 0 aromatic rings. The van der Waals surface area contributed by atoms with Gasteiger partial charge in [0.05, 0.1) is 7.11 Å². The van der Waals surface area contributed by atoms with Gasteiger partial charge >= 0.3 is 5.97 Å². The SMILES string of the molecule is COC(=O)[C@H](C)NC1CC(N)C1. The first-order valence-corrected chi connectivity index (χ1v) is 4.23. The lowest BCUT2D eigenvalue weighted by molar-refractivity contribution is -0.143. The summed E-state index contributed by atoms with van der Waals surface area (Å²) in [4.78, 5) is 11.0. The summed E-state index contributed by atoms with van der Waals surface area (Å²) in [6.07, 6.45) is 1.92. The molecule has 0 bridgehead atoms. The lowest BCUT2D eigenvalue weighted by Crippen LogP contribution is -2.52. The number of hydrogen-bond donors (Lipinski definition) is 2. The third-order valence-corrected chi connectivity index (χ3v) is 2.21. The molecule has 0 unspecified atom stereocenters. The Kier molecular flexibility index (Phi) is 3.05. The Balaban J connectivity index is 2.18. The molecule has 1 aliphatic carbocycles. The van der Waals surface area contributed by atoms with Crippen molar-refractivity contribution in [1.29, 1.82) is 0 Å². The van der Waals surface area contributed by atoms with Crippen LogP contribution in [0.25, 0.3) is 0 Å². The van der Waals surface area contributed by atoms with Gasteiger partial charge in [-0.3, -0.25) is 4.79 Å². The molecule has 0 aromatic heterocycles. The average molecular weight is 172 g/mol. The van der Waals surface area contributed by atoms with Crippen LogP contribution in [0.2, 0.25) is 0 Å². The van der Waals surface area contributed by atoms with E-state index >= 15 is 0 Å². The van der Waals surface area contributed by atoms with E-state index in [-0.39, 0.29) is 12.0 Å². The molecule has 0 radical (unpaired) electrons. The minimum atomic E-state index is -0.215. The Morgan fingerprint density at radius 2 is 2.25 bits per heavy atom. The predicted octanol–water partition coefficient (Wildman–Crippen LogP) is -0.373. The summed E-state index contributed by atoms with van der Waals surface area (Å²) in [7, 11) is 1.40. The molecular weight excluding hydrogens is 156 g/mol. The molecule has 1 aliphatic rings. The molecule has 4 heteroatoms. The third-order valence-electron chi connectivity index (χ3n) is 2.21. The number of methoxy groups -OCH3 is 1. The minimum Gasteiger partial charge on any atom is -0.468 e. The number of ether oxygens (including phenoxy) is 1. The van der Waals surface area contributed by atoms with Gasteiger partial charge in [0.15, 0.2) is 0 Å². The van der Waals surface area contributed by atoms with Gasteiger partial charge in [-0.1, -0.05) is 0 Å². The second-order valence-corrected chi connectivity index (χ2v) is 3.34. The molecular formula is C8H16N2O2. The molecule has 3 N–H and O–H groups in total. The molecule has 0 aromatic carbocycles. The topological polar surface area (TPSA) is 64.3 Å². The Bertz CT molecular complexity index is 166. The van der Waals surface area contributed by atoms with Gasteiger partial charge in [0.1, 0.15) is 6.04 Å². The van der Waals surface area contributed by atoms with Crippen LogP contribution in [0, 0.1) is 0 Å². The van der Waals surface area contributed by atoms with Gasteiger partial charge in [-0.15, -0.1) is 0 Å². The van der Waals surface area contributed by atoms with Crippen LogP contribution in [0.4, 0.5) is 0 Å². The quantitative estimate of drug-likeness (QED) is 0.570. The standard InChI is InChI=1S/C8H16N2O2/c1-5(8(11)12-2)10-7-3-6(9)4-7/h5-7,10H,3-4,9H2,1-2H3/t5-,6?,7?/m0/s1. The van der Waals surface area contributed by atoms with Crippen molar-refractivity contribution in [2.45, 2.75) is 37.9 Å². The van der Waals surface area contributed by atoms with Crippen molar-refractivity contribution in [1.82, 2.24) is 5.32 Å². The Morgan fingerprint density at radius 1 is 1.67 bits per heavy atom. The minimum absolute atomic E-state index is 0.213. The zero-order valence-corrected chi connectivity index (χ0v) is 7.54. The highest BCUT2D eigenvalue weighted by molar-refractivity contribution is 5.75. The maximum absolute atomic E-state index is 11.0. The molecule has 0 saturated heterocycles. The smallest absolute Gasteiger partial charge is 0.322 e. The summed E-state index contributed by atoms with van der Waals surface area (Å²) in [5.74, 6) is -0.213. The summed E-state index contributed by atoms with van der Waals surface area (Å²) >= 11 is 0. The van der Waals surface area contributed by atoms with Crippen LogP contribution in [-0.4, -0.2) is 31.2 Å². The molecule has 0 spiro atoms. The van der Waals surface area contributed by atoms with Crippen molar-refractivity contribution in [2.24, 2.45) is 5.73 Å². The number of carbonyl (C=O) groups is 1. The second kappa shape index (κ2) is 3.87. The molecule has 1 saturated carbocycles. The van der Waals surface area contributed by atoms with Gasteiger partial charge < -0.3 is 15.8 Å². The summed E-state index contributed by atoms with van der Waals surface area (Å²) in [6.45, 7) is 1.80. The Hall–Kier alpha value is -0.610. The van der Waals surface area contributed by atoms with Gasteiger partial charge in [0.25, 0.3) is 0 Å². The number of nitrogens with two attached hydrogens (primary N) is 1. The van der Waals surface area contributed by atoms with Crippen molar-refractivity contribution in [3.63, 3.8) is 0 Å². The second-order valence-electron chi connectivity index (χ2n) is 3.34. The van der Waals surface area contributed by atoms with Crippen molar-refractivity contribution >= 4 is 5.97 Å². The lowest BCUT2D eigenvalue weighted by Gasteiger charge is -2.34. The monoisotopic (exact) mass is 172 g/mol. The van der Waals surface area contributed by atoms with E-state index < -0.39 is 0 Å². The molecule has 4 nitrogen and oxygen atoms in total. The number of esters is 1. The fraction of sp³-hybridized carbons (Fsp3) is 0.875. The normalized spacial score (nSPS) is 30.6. The van der Waals surface area contributed by atoms with Gasteiger partial charge in [-0.05, 0) is 19.8 Å². The molecule has 12 heavy (non-hydrogen) atoms. The summed E-state index contributed by atoms with van der Waals surface area (Å²) < 4.78 is 4.58. The van der Waals surface area contributed by atoms with E-state index in [1.807, 2.05) is 0 Å². The van der Waals surface area contributed by atoms with Crippen LogP contribution in [0.5, 0.6) is 0 Å². The van der Waals surface area contributed by atoms with Crippen molar-refractivity contribution in [2.75, 3.05) is 7.11 Å². The zero-order chi connectivity index (χ0) is 9.14. The fourth-order valence-electron chi connectivity index (χ4n) is 1.40. The van der Waals surface area contributed by atoms with E-state index in [1.54, 1.807) is 6.92 Å². The van der Waals surface area contributed by atoms with Crippen molar-refractivity contribution < 1.29 is 9.53 Å². The first-order valence-electron chi connectivity index (χ1n) is 4.23. The molecule has 0 heterocycles. The van der Waals surface area contributed by atoms with E-state index in [2.05, 4.69) is 10.1 Å². The van der Waals surface area contributed by atoms with Crippen LogP contribution >= 0.6 is 0 Å². The van der Waals surface area contributed by atoms with Crippen LogP contribution in [0.15, 0.2) is 0 Å². The highest BCUT2D eigenvalue weighted by Crippen LogP contribution is 2.17. The molecule has 1 rings (SSSR count). The van der Waals surface area contributed by atoms with Gasteiger partial charge in [0.2, 0.25) is 0 Å². The van der Waals surface area contributed by atoms with Crippen molar-refractivity contribution in [3.8, 4) is 0 Å². The van der Waals surface area contributed by atoms with Crippen LogP contribution < -0.4 is 11.1 Å². The maximum Gasteiger partial charge on any atom is 0.322 e. The van der Waals surface area contributed by atoms with E-state index in [0.29, 0.717) is 12.1 Å². The highest BCUT2D eigenvalue weighted by atomic mass is 16.5. The number of nitrogens with one attached hydrogen (secondary N) is 1. The van der Waals surface area contributed by atoms with Gasteiger partial charge in [0, 0.05) is 12.1 Å². The number of hydrogen-bond acceptors (Lipinski definition) is 4. The average Bonchev–Trinajstić information content (AvgIpc) is 2.00. The van der Waals surface area contributed by atoms with E-state index in [9.17, 15) is 4.79 Å². The van der Waals surface area contributed by atoms with E-state index in [4.69, 9.17) is 5.73 Å². The van der Waals surface area contributed by atoms with Crippen LogP contribution in [0.1, 0.15) is 19.8 Å². The molecule has 1 fully saturated rings. The Labute approximate surface area is 72.5 Å². The summed E-state index contributed by atoms with van der Waals surface area (Å²) in [6, 6.07) is 0.494. The maximum atomic E-state index is 11.0. The Morgan fingerprint density at radius 3 is 2.67 bits per heavy atom. The molecule has 70 valence electrons. The van der Waals surface area contributed by atoms with Gasteiger partial charge in [-0.2, -0.15) is 0 Å². The van der Waals surface area contributed by atoms with Crippen LogP contribution in [-0.2, 0) is 9.53 Å². The lowest BCUT2D eigenvalue weighted by atomic mass is 9.87. The number of carbonyl (C=O) groups excluding carboxylic acids is 1. The fourth-order valence-corrected chi connectivity index (χ4v) is 1.40. The summed E-state index contributed by atoms with van der Waals surface area (Å²) in [5.41, 5.74) is 5.60. The number of rotatable bonds is 3. The third kappa shape index (κ3) is 2.19. The largest absolute Gasteiger partial charge is 0.468 e. The first kappa shape index (κ1) is 9.48. The van der Waals surface area contributed by atoms with Crippen molar-refractivity contribution in [3.05, 3.63) is 0 Å². The molecule has 1 atom stereocenters. The summed E-state index contributed by atoms with van der Waals surface area (Å²) in [5, 5.41) is 3.14. The first-order chi connectivity index (χ1) is 5.63. The molecule has 0 aliphatic heterocycles. The molecule has 0 amide bonds.